The summed E-state index contributed by atoms with van der Waals surface area (Å²) in [5.74, 6) is -1.60. The summed E-state index contributed by atoms with van der Waals surface area (Å²) in [4.78, 5) is 74.6. The summed E-state index contributed by atoms with van der Waals surface area (Å²) >= 11 is 0. The molecule has 274 valence electrons. The lowest BCUT2D eigenvalue weighted by atomic mass is 9.64. The number of carbonyl (C=O) groups excluding carboxylic acids is 6. The summed E-state index contributed by atoms with van der Waals surface area (Å²) in [5, 5.41) is 0. The predicted octanol–water partition coefficient (Wildman–Crippen LogP) is 5.46. The molecule has 2 saturated heterocycles. The highest BCUT2D eigenvalue weighted by atomic mass is 16.6. The molecular weight excluding hydrogens is 624 g/mol. The number of methoxy groups -OCH3 is 3. The molecule has 3 aliphatic rings. The third-order valence-electron chi connectivity index (χ3n) is 9.54. The lowest BCUT2D eigenvalue weighted by Crippen LogP contribution is -2.48. The number of hydrogen-bond donors (Lipinski definition) is 0. The van der Waals surface area contributed by atoms with Crippen LogP contribution in [0.1, 0.15) is 112 Å². The van der Waals surface area contributed by atoms with Crippen molar-refractivity contribution in [2.45, 2.75) is 123 Å². The number of hydrogen-bond acceptors (Lipinski definition) is 11. The average molecular weight is 683 g/mol. The van der Waals surface area contributed by atoms with Gasteiger partial charge in [-0.2, -0.15) is 0 Å². The molecule has 2 aliphatic heterocycles. The summed E-state index contributed by atoms with van der Waals surface area (Å²) in [6.45, 7) is 13.4. The Morgan fingerprint density at radius 1 is 0.667 bits per heavy atom. The molecule has 2 heterocycles. The fraction of sp³-hybridized carbons (Fsp3) is 0.829. The lowest BCUT2D eigenvalue weighted by molar-refractivity contribution is -0.154. The topological polar surface area (TPSA) is 155 Å². The minimum atomic E-state index is -0.637. The van der Waals surface area contributed by atoms with Crippen LogP contribution in [0.2, 0.25) is 0 Å². The van der Waals surface area contributed by atoms with Gasteiger partial charge in [-0.15, -0.1) is 0 Å². The van der Waals surface area contributed by atoms with Crippen LogP contribution in [0.3, 0.4) is 0 Å². The molecule has 1 atom stereocenters. The van der Waals surface area contributed by atoms with E-state index >= 15 is 0 Å². The zero-order valence-corrected chi connectivity index (χ0v) is 30.6. The van der Waals surface area contributed by atoms with Crippen LogP contribution in [-0.4, -0.2) is 104 Å². The highest BCUT2D eigenvalue weighted by molar-refractivity contribution is 5.99. The maximum atomic E-state index is 12.2. The van der Waals surface area contributed by atoms with Crippen LogP contribution in [0.5, 0.6) is 0 Å². The molecule has 48 heavy (non-hydrogen) atoms. The second-order valence-electron chi connectivity index (χ2n) is 15.3. The molecule has 0 N–H and O–H groups in total. The fourth-order valence-electron chi connectivity index (χ4n) is 6.57. The minimum Gasteiger partial charge on any atom is -0.469 e. The SMILES string of the molecule is COC(=O)C1CC2(CCC1=O)CCN(C(=O)OC(C)(C)C)CC2.COC(=O)CCC1(CCC(=O)OC)CCN(C(=O)OC(C)(C)C)CC1. The van der Waals surface area contributed by atoms with E-state index in [0.29, 0.717) is 64.7 Å². The Kier molecular flexibility index (Phi) is 14.7. The number of nitrogens with zero attached hydrogens (tertiary/aromatic N) is 2. The van der Waals surface area contributed by atoms with E-state index in [1.54, 1.807) is 9.80 Å². The normalized spacial score (nSPS) is 20.5. The Morgan fingerprint density at radius 2 is 1.08 bits per heavy atom. The smallest absolute Gasteiger partial charge is 0.410 e. The molecule has 3 fully saturated rings. The standard InChI is InChI=1S/C18H31NO6.C17H27NO5/c1-17(2,3)25-16(22)19-12-10-18(11-13-19,8-6-14(20)23-4)9-7-15(21)24-5;1-16(2,3)23-15(21)18-9-7-17(8-10-18)6-5-13(19)12(11-17)14(20)22-4/h6-13H2,1-5H3;12H,5-11H2,1-4H3. The number of ether oxygens (including phenoxy) is 5. The summed E-state index contributed by atoms with van der Waals surface area (Å²) in [7, 11) is 4.06. The van der Waals surface area contributed by atoms with E-state index in [0.717, 1.165) is 32.1 Å². The fourth-order valence-corrected chi connectivity index (χ4v) is 6.57. The van der Waals surface area contributed by atoms with Crippen molar-refractivity contribution >= 4 is 35.9 Å². The molecule has 1 spiro atoms. The second-order valence-corrected chi connectivity index (χ2v) is 15.3. The number of Topliss-reactive ketones (excluding diaryl/α,β-unsaturated/α-hetero) is 1. The molecule has 0 bridgehead atoms. The van der Waals surface area contributed by atoms with Crippen LogP contribution in [0, 0.1) is 16.7 Å². The van der Waals surface area contributed by atoms with Gasteiger partial charge in [-0.3, -0.25) is 19.2 Å². The quantitative estimate of drug-likeness (QED) is 0.191. The number of likely N-dealkylation sites (tertiary alicyclic amines) is 2. The van der Waals surface area contributed by atoms with E-state index in [-0.39, 0.29) is 40.7 Å². The molecular formula is C35H58N2O11. The molecule has 0 aromatic rings. The van der Waals surface area contributed by atoms with Crippen LogP contribution in [0.4, 0.5) is 9.59 Å². The van der Waals surface area contributed by atoms with Crippen molar-refractivity contribution < 1.29 is 52.5 Å². The largest absolute Gasteiger partial charge is 0.469 e. The van der Waals surface area contributed by atoms with Crippen LogP contribution < -0.4 is 0 Å². The number of esters is 3. The zero-order chi connectivity index (χ0) is 36.3. The van der Waals surface area contributed by atoms with Gasteiger partial charge in [-0.05, 0) is 104 Å². The maximum absolute atomic E-state index is 12.2. The highest BCUT2D eigenvalue weighted by Crippen LogP contribution is 2.46. The van der Waals surface area contributed by atoms with Gasteiger partial charge in [-0.25, -0.2) is 9.59 Å². The average Bonchev–Trinajstić information content (AvgIpc) is 3.02. The number of rotatable bonds is 7. The van der Waals surface area contributed by atoms with Crippen molar-refractivity contribution in [2.75, 3.05) is 47.5 Å². The Morgan fingerprint density at radius 3 is 1.46 bits per heavy atom. The van der Waals surface area contributed by atoms with Crippen molar-refractivity contribution in [3.63, 3.8) is 0 Å². The van der Waals surface area contributed by atoms with E-state index in [9.17, 15) is 28.8 Å². The van der Waals surface area contributed by atoms with Crippen molar-refractivity contribution in [1.29, 1.82) is 0 Å². The van der Waals surface area contributed by atoms with Gasteiger partial charge in [0.2, 0.25) is 0 Å². The third-order valence-corrected chi connectivity index (χ3v) is 9.54. The summed E-state index contributed by atoms with van der Waals surface area (Å²) in [6.07, 6.45) is 6.09. The summed E-state index contributed by atoms with van der Waals surface area (Å²) in [5.41, 5.74) is -1.23. The van der Waals surface area contributed by atoms with Gasteiger partial charge in [0.05, 0.1) is 21.3 Å². The van der Waals surface area contributed by atoms with Gasteiger partial charge >= 0.3 is 30.1 Å². The first-order valence-electron chi connectivity index (χ1n) is 17.0. The molecule has 0 aromatic heterocycles. The van der Waals surface area contributed by atoms with Crippen LogP contribution in [0.25, 0.3) is 0 Å². The van der Waals surface area contributed by atoms with Crippen LogP contribution in [-0.2, 0) is 42.9 Å². The first-order valence-corrected chi connectivity index (χ1v) is 17.0. The Balaban J connectivity index is 0.000000334. The first kappa shape index (κ1) is 40.8. The van der Waals surface area contributed by atoms with Crippen molar-refractivity contribution in [3.05, 3.63) is 0 Å². The van der Waals surface area contributed by atoms with E-state index in [1.807, 2.05) is 41.5 Å². The third kappa shape index (κ3) is 12.9. The molecule has 13 nitrogen and oxygen atoms in total. The van der Waals surface area contributed by atoms with Gasteiger partial charge in [0.1, 0.15) is 22.9 Å². The van der Waals surface area contributed by atoms with E-state index in [1.165, 1.54) is 21.3 Å². The van der Waals surface area contributed by atoms with Gasteiger partial charge in [0.15, 0.2) is 0 Å². The molecule has 1 saturated carbocycles. The Bertz CT molecular complexity index is 1110. The lowest BCUT2D eigenvalue weighted by Gasteiger charge is -2.45. The predicted molar refractivity (Wildman–Crippen MR) is 176 cm³/mol. The molecule has 13 heteroatoms. The van der Waals surface area contributed by atoms with Gasteiger partial charge in [0, 0.05) is 45.4 Å². The van der Waals surface area contributed by atoms with Crippen LogP contribution >= 0.6 is 0 Å². The maximum Gasteiger partial charge on any atom is 0.410 e. The van der Waals surface area contributed by atoms with Crippen LogP contribution in [0.15, 0.2) is 0 Å². The van der Waals surface area contributed by atoms with Crippen molar-refractivity contribution in [2.24, 2.45) is 16.7 Å². The molecule has 2 amide bonds. The van der Waals surface area contributed by atoms with E-state index in [2.05, 4.69) is 0 Å². The van der Waals surface area contributed by atoms with E-state index < -0.39 is 23.1 Å². The number of amides is 2. The molecule has 3 rings (SSSR count). The zero-order valence-electron chi connectivity index (χ0n) is 30.6. The molecule has 0 radical (unpaired) electrons. The summed E-state index contributed by atoms with van der Waals surface area (Å²) in [6, 6.07) is 0. The second kappa shape index (κ2) is 17.3. The highest BCUT2D eigenvalue weighted by Gasteiger charge is 2.46. The molecule has 0 aromatic carbocycles. The molecule has 1 aliphatic carbocycles. The number of carbonyl (C=O) groups is 6. The first-order chi connectivity index (χ1) is 22.3. The number of ketones is 1. The van der Waals surface area contributed by atoms with Gasteiger partial charge < -0.3 is 33.5 Å². The van der Waals surface area contributed by atoms with Crippen molar-refractivity contribution in [1.82, 2.24) is 9.80 Å². The van der Waals surface area contributed by atoms with E-state index in [4.69, 9.17) is 23.7 Å². The van der Waals surface area contributed by atoms with Crippen molar-refractivity contribution in [3.8, 4) is 0 Å². The molecule has 1 unspecified atom stereocenters. The Hall–Kier alpha value is -3.38. The number of piperidine rings is 2. The minimum absolute atomic E-state index is 0.0166. The van der Waals surface area contributed by atoms with Gasteiger partial charge in [0.25, 0.3) is 0 Å². The Labute approximate surface area is 285 Å². The van der Waals surface area contributed by atoms with Gasteiger partial charge in [-0.1, -0.05) is 0 Å². The summed E-state index contributed by atoms with van der Waals surface area (Å²) < 4.78 is 25.0. The monoisotopic (exact) mass is 682 g/mol.